The molecule has 0 radical (unpaired) electrons. The van der Waals surface area contributed by atoms with E-state index in [2.05, 4.69) is 57.6 Å². The second-order valence-corrected chi connectivity index (χ2v) is 5.30. The molecule has 0 aliphatic carbocycles. The van der Waals surface area contributed by atoms with E-state index in [1.165, 1.54) is 24.0 Å². The van der Waals surface area contributed by atoms with E-state index in [1.807, 2.05) is 0 Å². The lowest BCUT2D eigenvalue weighted by atomic mass is 9.98. The molecule has 1 heterocycles. The number of hydrogen-bond donors (Lipinski definition) is 0. The highest BCUT2D eigenvalue weighted by atomic mass is 14.9. The van der Waals surface area contributed by atoms with E-state index in [1.54, 1.807) is 0 Å². The monoisotopic (exact) mass is 220 g/mol. The van der Waals surface area contributed by atoms with Crippen LogP contribution in [0.5, 0.6) is 0 Å². The molecule has 1 nitrogen and oxygen atoms in total. The summed E-state index contributed by atoms with van der Waals surface area (Å²) in [4.78, 5) is 0. The van der Waals surface area contributed by atoms with Crippen molar-refractivity contribution in [2.45, 2.75) is 65.8 Å². The van der Waals surface area contributed by atoms with Gasteiger partial charge in [-0.1, -0.05) is 41.0 Å². The predicted molar refractivity (Wildman–Crippen MR) is 69.7 cm³/mol. The Morgan fingerprint density at radius 3 is 1.88 bits per heavy atom. The van der Waals surface area contributed by atoms with Crippen molar-refractivity contribution in [1.29, 1.82) is 0 Å². The van der Waals surface area contributed by atoms with Gasteiger partial charge >= 0.3 is 0 Å². The first-order valence-electron chi connectivity index (χ1n) is 6.58. The van der Waals surface area contributed by atoms with Crippen molar-refractivity contribution in [3.05, 3.63) is 29.6 Å². The number of hydrogen-bond acceptors (Lipinski definition) is 0. The molecule has 0 aliphatic heterocycles. The average Bonchev–Trinajstić information content (AvgIpc) is 2.25. The van der Waals surface area contributed by atoms with Crippen molar-refractivity contribution in [1.82, 2.24) is 0 Å². The molecule has 0 aromatic carbocycles. The number of rotatable bonds is 5. The zero-order valence-corrected chi connectivity index (χ0v) is 11.5. The fraction of sp³-hybridized carbons (Fsp3) is 0.667. The summed E-state index contributed by atoms with van der Waals surface area (Å²) in [6, 6.07) is 2.36. The third kappa shape index (κ3) is 3.62. The van der Waals surface area contributed by atoms with E-state index < -0.39 is 0 Å². The molecule has 0 fully saturated rings. The fourth-order valence-electron chi connectivity index (χ4n) is 1.79. The molecule has 0 spiro atoms. The molecule has 0 unspecified atom stereocenters. The Morgan fingerprint density at radius 1 is 1.00 bits per heavy atom. The molecule has 0 N–H and O–H groups in total. The zero-order valence-electron chi connectivity index (χ0n) is 11.5. The van der Waals surface area contributed by atoms with Gasteiger partial charge in [0.05, 0.1) is 0 Å². The van der Waals surface area contributed by atoms with Gasteiger partial charge in [0.2, 0.25) is 0 Å². The second-order valence-electron chi connectivity index (χ2n) is 5.30. The normalized spacial score (nSPS) is 11.4. The third-order valence-corrected chi connectivity index (χ3v) is 3.07. The Bertz CT molecular complexity index is 300. The third-order valence-electron chi connectivity index (χ3n) is 3.07. The Balaban J connectivity index is 2.99. The van der Waals surface area contributed by atoms with Gasteiger partial charge in [-0.3, -0.25) is 0 Å². The van der Waals surface area contributed by atoms with Gasteiger partial charge in [0.25, 0.3) is 0 Å². The van der Waals surface area contributed by atoms with Gasteiger partial charge in [-0.05, 0) is 17.9 Å². The minimum atomic E-state index is 0.617. The lowest BCUT2D eigenvalue weighted by Gasteiger charge is -2.09. The Morgan fingerprint density at radius 2 is 1.50 bits per heavy atom. The number of unbranched alkanes of at least 4 members (excludes halogenated alkanes) is 1. The molecule has 0 atom stereocenters. The minimum absolute atomic E-state index is 0.617. The molecule has 16 heavy (non-hydrogen) atoms. The molecular formula is C15H26N+. The lowest BCUT2D eigenvalue weighted by Crippen LogP contribution is -2.34. The highest BCUT2D eigenvalue weighted by Crippen LogP contribution is 2.18. The maximum Gasteiger partial charge on any atom is 0.172 e. The van der Waals surface area contributed by atoms with Gasteiger partial charge in [-0.2, -0.15) is 0 Å². The van der Waals surface area contributed by atoms with Gasteiger partial charge in [0.15, 0.2) is 12.4 Å². The summed E-state index contributed by atoms with van der Waals surface area (Å²) in [5.41, 5.74) is 2.92. The zero-order chi connectivity index (χ0) is 12.1. The van der Waals surface area contributed by atoms with Gasteiger partial charge in [0.1, 0.15) is 6.54 Å². The van der Waals surface area contributed by atoms with E-state index in [0.29, 0.717) is 11.8 Å². The Labute approximate surface area is 101 Å². The van der Waals surface area contributed by atoms with Gasteiger partial charge < -0.3 is 0 Å². The molecule has 0 amide bonds. The smallest absolute Gasteiger partial charge is 0.172 e. The minimum Gasteiger partial charge on any atom is -0.205 e. The maximum absolute atomic E-state index is 2.37. The summed E-state index contributed by atoms with van der Waals surface area (Å²) < 4.78 is 2.37. The molecular weight excluding hydrogens is 194 g/mol. The summed E-state index contributed by atoms with van der Waals surface area (Å²) in [7, 11) is 0. The lowest BCUT2D eigenvalue weighted by molar-refractivity contribution is -0.698. The fourth-order valence-corrected chi connectivity index (χ4v) is 1.79. The second kappa shape index (κ2) is 6.03. The summed E-state index contributed by atoms with van der Waals surface area (Å²) in [6.45, 7) is 12.5. The van der Waals surface area contributed by atoms with Crippen LogP contribution in [-0.4, -0.2) is 0 Å². The number of aromatic nitrogens is 1. The average molecular weight is 220 g/mol. The van der Waals surface area contributed by atoms with Crippen LogP contribution in [-0.2, 0) is 6.54 Å². The van der Waals surface area contributed by atoms with Crippen LogP contribution in [0, 0.1) is 0 Å². The van der Waals surface area contributed by atoms with Crippen molar-refractivity contribution in [3.8, 4) is 0 Å². The molecule has 1 aromatic rings. The molecule has 0 saturated heterocycles. The van der Waals surface area contributed by atoms with Gasteiger partial charge in [-0.15, -0.1) is 0 Å². The van der Waals surface area contributed by atoms with Gasteiger partial charge in [0, 0.05) is 17.5 Å². The molecule has 0 saturated carbocycles. The van der Waals surface area contributed by atoms with Crippen molar-refractivity contribution in [2.75, 3.05) is 0 Å². The highest BCUT2D eigenvalue weighted by molar-refractivity contribution is 5.20. The van der Waals surface area contributed by atoms with Gasteiger partial charge in [-0.25, -0.2) is 4.57 Å². The van der Waals surface area contributed by atoms with Crippen molar-refractivity contribution < 1.29 is 4.57 Å². The Hall–Kier alpha value is -0.850. The number of pyridine rings is 1. The van der Waals surface area contributed by atoms with Crippen molar-refractivity contribution in [3.63, 3.8) is 0 Å². The van der Waals surface area contributed by atoms with Crippen LogP contribution in [0.4, 0.5) is 0 Å². The summed E-state index contributed by atoms with van der Waals surface area (Å²) in [5, 5.41) is 0. The maximum atomic E-state index is 2.37. The highest BCUT2D eigenvalue weighted by Gasteiger charge is 2.11. The van der Waals surface area contributed by atoms with E-state index in [0.717, 1.165) is 6.54 Å². The molecule has 1 rings (SSSR count). The summed E-state index contributed by atoms with van der Waals surface area (Å²) >= 11 is 0. The molecule has 1 heteroatoms. The van der Waals surface area contributed by atoms with E-state index >= 15 is 0 Å². The quantitative estimate of drug-likeness (QED) is 0.660. The van der Waals surface area contributed by atoms with Crippen LogP contribution in [0.15, 0.2) is 18.5 Å². The molecule has 0 aliphatic rings. The largest absolute Gasteiger partial charge is 0.205 e. The molecule has 90 valence electrons. The topological polar surface area (TPSA) is 3.88 Å². The first-order valence-corrected chi connectivity index (χ1v) is 6.58. The van der Waals surface area contributed by atoms with E-state index in [9.17, 15) is 0 Å². The summed E-state index contributed by atoms with van der Waals surface area (Å²) in [6.07, 6.45) is 7.15. The SMILES string of the molecule is CCCC[n+]1cc(C(C)C)cc(C(C)C)c1. The molecule has 1 aromatic heterocycles. The van der Waals surface area contributed by atoms with Crippen LogP contribution in [0.25, 0.3) is 0 Å². The van der Waals surface area contributed by atoms with Crippen LogP contribution in [0.3, 0.4) is 0 Å². The van der Waals surface area contributed by atoms with E-state index in [-0.39, 0.29) is 0 Å². The number of nitrogens with zero attached hydrogens (tertiary/aromatic N) is 1. The van der Waals surface area contributed by atoms with Crippen molar-refractivity contribution >= 4 is 0 Å². The van der Waals surface area contributed by atoms with Crippen LogP contribution in [0.2, 0.25) is 0 Å². The molecule has 0 bridgehead atoms. The summed E-state index contributed by atoms with van der Waals surface area (Å²) in [5.74, 6) is 1.23. The predicted octanol–water partition coefficient (Wildman–Crippen LogP) is 4.02. The standard InChI is InChI=1S/C15H26N/c1-6-7-8-16-10-14(12(2)3)9-15(11-16)13(4)5/h9-13H,6-8H2,1-5H3/q+1. The Kier molecular flexibility index (Phi) is 4.98. The van der Waals surface area contributed by atoms with Crippen molar-refractivity contribution in [2.24, 2.45) is 0 Å². The van der Waals surface area contributed by atoms with Crippen LogP contribution < -0.4 is 4.57 Å². The first kappa shape index (κ1) is 13.2. The van der Waals surface area contributed by atoms with E-state index in [4.69, 9.17) is 0 Å². The van der Waals surface area contributed by atoms with Crippen LogP contribution in [0.1, 0.15) is 70.4 Å². The van der Waals surface area contributed by atoms with Crippen LogP contribution >= 0.6 is 0 Å². The number of aryl methyl sites for hydroxylation is 1. The first-order chi connectivity index (χ1) is 7.54.